The van der Waals surface area contributed by atoms with Crippen LogP contribution in [-0.4, -0.2) is 37.5 Å². The summed E-state index contributed by atoms with van der Waals surface area (Å²) >= 11 is 0. The van der Waals surface area contributed by atoms with Gasteiger partial charge in [-0.25, -0.2) is 13.2 Å². The summed E-state index contributed by atoms with van der Waals surface area (Å²) in [7, 11) is -3.43. The van der Waals surface area contributed by atoms with Crippen LogP contribution in [0.15, 0.2) is 59.4 Å². The molecular formula is C20H18N2O6S. The van der Waals surface area contributed by atoms with Gasteiger partial charge in [0.05, 0.1) is 11.8 Å². The molecule has 0 fully saturated rings. The van der Waals surface area contributed by atoms with Gasteiger partial charge in [0.1, 0.15) is 0 Å². The van der Waals surface area contributed by atoms with Gasteiger partial charge in [0.2, 0.25) is 21.4 Å². The zero-order valence-electron chi connectivity index (χ0n) is 15.6. The first-order chi connectivity index (χ1) is 13.6. The fourth-order valence-electron chi connectivity index (χ4n) is 2.80. The van der Waals surface area contributed by atoms with Gasteiger partial charge in [-0.2, -0.15) is 0 Å². The lowest BCUT2D eigenvalue weighted by Gasteiger charge is -2.14. The number of sulfonamides is 1. The smallest absolute Gasteiger partial charge is 0.339 e. The van der Waals surface area contributed by atoms with Crippen molar-refractivity contribution in [3.8, 4) is 0 Å². The highest BCUT2D eigenvalue weighted by Gasteiger charge is 2.22. The molecule has 2 N–H and O–H groups in total. The van der Waals surface area contributed by atoms with Gasteiger partial charge in [0.15, 0.2) is 6.10 Å². The summed E-state index contributed by atoms with van der Waals surface area (Å²) in [6.45, 7) is 1.43. The molecule has 8 nitrogen and oxygen atoms in total. The molecule has 0 radical (unpaired) electrons. The number of nitrogens with one attached hydrogen (secondary N) is 2. The van der Waals surface area contributed by atoms with E-state index in [4.69, 9.17) is 4.74 Å². The summed E-state index contributed by atoms with van der Waals surface area (Å²) in [6.07, 6.45) is -0.0827. The zero-order chi connectivity index (χ0) is 21.2. The lowest BCUT2D eigenvalue weighted by Crippen LogP contribution is -2.25. The minimum Gasteiger partial charge on any atom is -0.451 e. The van der Waals surface area contributed by atoms with E-state index in [0.29, 0.717) is 16.6 Å². The molecule has 0 bridgehead atoms. The van der Waals surface area contributed by atoms with Crippen molar-refractivity contribution in [2.24, 2.45) is 0 Å². The number of hydrogen-bond acceptors (Lipinski definition) is 6. The Bertz CT molecular complexity index is 1250. The van der Waals surface area contributed by atoms with Gasteiger partial charge >= 0.3 is 5.97 Å². The number of aromatic amines is 1. The summed E-state index contributed by atoms with van der Waals surface area (Å²) in [5.74, 6) is -1.25. The summed E-state index contributed by atoms with van der Waals surface area (Å²) < 4.78 is 30.1. The van der Waals surface area contributed by atoms with Gasteiger partial charge in [0, 0.05) is 28.2 Å². The number of carbonyl (C=O) groups excluding carboxylic acids is 2. The molecule has 150 valence electrons. The number of para-hydroxylation sites is 1. The number of aromatic nitrogens is 1. The van der Waals surface area contributed by atoms with E-state index in [-0.39, 0.29) is 11.1 Å². The minimum absolute atomic E-state index is 0.0664. The van der Waals surface area contributed by atoms with Gasteiger partial charge < -0.3 is 9.72 Å². The fourth-order valence-corrected chi connectivity index (χ4v) is 3.37. The number of benzene rings is 2. The van der Waals surface area contributed by atoms with Crippen LogP contribution in [0.25, 0.3) is 10.9 Å². The number of ketones is 1. The van der Waals surface area contributed by atoms with Crippen molar-refractivity contribution in [2.75, 3.05) is 11.0 Å². The summed E-state index contributed by atoms with van der Waals surface area (Å²) in [5.41, 5.74) is 0.656. The third-order valence-electron chi connectivity index (χ3n) is 4.10. The van der Waals surface area contributed by atoms with Crippen LogP contribution in [-0.2, 0) is 14.8 Å². The molecule has 2 aromatic carbocycles. The van der Waals surface area contributed by atoms with Crippen LogP contribution >= 0.6 is 0 Å². The number of ether oxygens (including phenoxy) is 1. The highest BCUT2D eigenvalue weighted by molar-refractivity contribution is 7.92. The second kappa shape index (κ2) is 7.88. The third-order valence-corrected chi connectivity index (χ3v) is 4.70. The first-order valence-electron chi connectivity index (χ1n) is 8.59. The van der Waals surface area contributed by atoms with Crippen molar-refractivity contribution in [2.45, 2.75) is 13.0 Å². The second-order valence-corrected chi connectivity index (χ2v) is 8.20. The van der Waals surface area contributed by atoms with Crippen LogP contribution in [0.1, 0.15) is 27.6 Å². The zero-order valence-corrected chi connectivity index (χ0v) is 16.4. The predicted molar refractivity (Wildman–Crippen MR) is 109 cm³/mol. The fraction of sp³-hybridized carbons (Fsp3) is 0.150. The first kappa shape index (κ1) is 20.3. The topological polar surface area (TPSA) is 122 Å². The Kier molecular flexibility index (Phi) is 5.51. The van der Waals surface area contributed by atoms with E-state index in [1.165, 1.54) is 31.2 Å². The Labute approximate surface area is 166 Å². The Hall–Kier alpha value is -3.46. The Morgan fingerprint density at radius 1 is 1.07 bits per heavy atom. The molecular weight excluding hydrogens is 396 g/mol. The normalized spacial score (nSPS) is 12.3. The predicted octanol–water partition coefficient (Wildman–Crippen LogP) is 2.33. The molecule has 0 amide bonds. The van der Waals surface area contributed by atoms with Crippen LogP contribution in [0.5, 0.6) is 0 Å². The van der Waals surface area contributed by atoms with Crippen molar-refractivity contribution in [1.82, 2.24) is 4.98 Å². The molecule has 3 rings (SSSR count). The average Bonchev–Trinajstić information content (AvgIpc) is 2.66. The van der Waals surface area contributed by atoms with E-state index < -0.39 is 33.4 Å². The molecule has 29 heavy (non-hydrogen) atoms. The van der Waals surface area contributed by atoms with E-state index in [1.807, 2.05) is 0 Å². The Morgan fingerprint density at radius 2 is 1.72 bits per heavy atom. The van der Waals surface area contributed by atoms with Crippen molar-refractivity contribution < 1.29 is 22.7 Å². The number of H-pyrrole nitrogens is 1. The molecule has 1 atom stereocenters. The van der Waals surface area contributed by atoms with Gasteiger partial charge in [-0.3, -0.25) is 14.3 Å². The third kappa shape index (κ3) is 4.88. The summed E-state index contributed by atoms with van der Waals surface area (Å²) in [6, 6.07) is 13.6. The van der Waals surface area contributed by atoms with Crippen LogP contribution in [0.3, 0.4) is 0 Å². The Balaban J connectivity index is 1.78. The molecule has 1 heterocycles. The molecule has 3 aromatic rings. The number of fused-ring (bicyclic) bond motifs is 1. The number of hydrogen-bond donors (Lipinski definition) is 2. The molecule has 0 aliphatic heterocycles. The SMILES string of the molecule is CC(OC(=O)c1cc(=O)[nH]c2ccccc12)C(=O)c1ccc(NS(C)(=O)=O)cc1. The number of carbonyl (C=O) groups is 2. The molecule has 0 saturated carbocycles. The monoisotopic (exact) mass is 414 g/mol. The van der Waals surface area contributed by atoms with Gasteiger partial charge in [-0.1, -0.05) is 18.2 Å². The van der Waals surface area contributed by atoms with Crippen LogP contribution in [0.2, 0.25) is 0 Å². The number of Topliss-reactive ketones (excluding diaryl/α,β-unsaturated/α-hetero) is 1. The number of pyridine rings is 1. The molecule has 0 aliphatic carbocycles. The maximum Gasteiger partial charge on any atom is 0.339 e. The van der Waals surface area contributed by atoms with Crippen molar-refractivity contribution >= 4 is 38.4 Å². The van der Waals surface area contributed by atoms with Gasteiger partial charge in [-0.15, -0.1) is 0 Å². The molecule has 1 unspecified atom stereocenters. The quantitative estimate of drug-likeness (QED) is 0.471. The first-order valence-corrected chi connectivity index (χ1v) is 10.5. The van der Waals surface area contributed by atoms with E-state index >= 15 is 0 Å². The average molecular weight is 414 g/mol. The van der Waals surface area contributed by atoms with Crippen LogP contribution < -0.4 is 10.3 Å². The lowest BCUT2D eigenvalue weighted by atomic mass is 10.1. The molecule has 0 saturated heterocycles. The largest absolute Gasteiger partial charge is 0.451 e. The lowest BCUT2D eigenvalue weighted by molar-refractivity contribution is 0.0320. The van der Waals surface area contributed by atoms with E-state index in [0.717, 1.165) is 12.3 Å². The van der Waals surface area contributed by atoms with E-state index in [1.54, 1.807) is 24.3 Å². The van der Waals surface area contributed by atoms with Crippen molar-refractivity contribution in [3.05, 3.63) is 76.1 Å². The highest BCUT2D eigenvalue weighted by Crippen LogP contribution is 2.18. The number of esters is 1. The van der Waals surface area contributed by atoms with Crippen LogP contribution in [0.4, 0.5) is 5.69 Å². The van der Waals surface area contributed by atoms with Crippen LogP contribution in [0, 0.1) is 0 Å². The number of anilines is 1. The summed E-state index contributed by atoms with van der Waals surface area (Å²) in [5, 5.41) is 0.507. The van der Waals surface area contributed by atoms with E-state index in [2.05, 4.69) is 9.71 Å². The standard InChI is InChI=1S/C20H18N2O6S/c1-12(19(24)13-7-9-14(10-8-13)22-29(2,26)27)28-20(25)16-11-18(23)21-17-6-4-3-5-15(16)17/h3-12,22H,1-2H3,(H,21,23). The molecule has 1 aromatic heterocycles. The van der Waals surface area contributed by atoms with Gasteiger partial charge in [-0.05, 0) is 37.3 Å². The highest BCUT2D eigenvalue weighted by atomic mass is 32.2. The van der Waals surface area contributed by atoms with Crippen molar-refractivity contribution in [3.63, 3.8) is 0 Å². The molecule has 0 aliphatic rings. The molecule has 9 heteroatoms. The Morgan fingerprint density at radius 3 is 2.38 bits per heavy atom. The second-order valence-electron chi connectivity index (χ2n) is 6.46. The minimum atomic E-state index is -3.43. The number of rotatable bonds is 6. The van der Waals surface area contributed by atoms with Gasteiger partial charge in [0.25, 0.3) is 0 Å². The molecule has 0 spiro atoms. The maximum absolute atomic E-state index is 12.6. The summed E-state index contributed by atoms with van der Waals surface area (Å²) in [4.78, 5) is 39.5. The maximum atomic E-state index is 12.6. The van der Waals surface area contributed by atoms with Crippen molar-refractivity contribution in [1.29, 1.82) is 0 Å². The van der Waals surface area contributed by atoms with E-state index in [9.17, 15) is 22.8 Å².